The topological polar surface area (TPSA) is 0 Å². The zero-order valence-electron chi connectivity index (χ0n) is 4.04. The van der Waals surface area contributed by atoms with Crippen LogP contribution in [0, 0.1) is 0 Å². The third-order valence-electron chi connectivity index (χ3n) is 0.356. The molecular formula is C5H6ClF. The van der Waals surface area contributed by atoms with Gasteiger partial charge in [0.1, 0.15) is 0 Å². The number of hydrogen-bond acceptors (Lipinski definition) is 0. The van der Waals surface area contributed by atoms with Crippen LogP contribution in [0.15, 0.2) is 23.5 Å². The van der Waals surface area contributed by atoms with Crippen LogP contribution in [0.1, 0.15) is 6.92 Å². The first-order valence-electron chi connectivity index (χ1n) is 1.81. The first kappa shape index (κ1) is 6.70. The van der Waals surface area contributed by atoms with E-state index in [9.17, 15) is 4.39 Å². The first-order chi connectivity index (χ1) is 3.13. The van der Waals surface area contributed by atoms with E-state index in [0.29, 0.717) is 0 Å². The lowest BCUT2D eigenvalue weighted by molar-refractivity contribution is 0.640. The van der Waals surface area contributed by atoms with Crippen molar-refractivity contribution in [1.29, 1.82) is 0 Å². The number of halogens is 2. The third-order valence-corrected chi connectivity index (χ3v) is 0.465. The van der Waals surface area contributed by atoms with Crippen LogP contribution in [0.25, 0.3) is 0 Å². The summed E-state index contributed by atoms with van der Waals surface area (Å²) < 4.78 is 11.7. The number of rotatable bonds is 1. The van der Waals surface area contributed by atoms with E-state index in [1.807, 2.05) is 0 Å². The molecule has 0 amide bonds. The molecular weight excluding hydrogens is 115 g/mol. The molecule has 0 nitrogen and oxygen atoms in total. The van der Waals surface area contributed by atoms with E-state index < -0.39 is 0 Å². The summed E-state index contributed by atoms with van der Waals surface area (Å²) in [6.45, 7) is 4.56. The molecule has 0 aliphatic carbocycles. The summed E-state index contributed by atoms with van der Waals surface area (Å²) in [5.41, 5.74) is 0. The Morgan fingerprint density at radius 2 is 2.29 bits per heavy atom. The summed E-state index contributed by atoms with van der Waals surface area (Å²) in [5, 5.41) is 0.222. The summed E-state index contributed by atoms with van der Waals surface area (Å²) in [7, 11) is 0. The maximum atomic E-state index is 11.7. The van der Waals surface area contributed by atoms with Crippen molar-refractivity contribution < 1.29 is 4.39 Å². The van der Waals surface area contributed by atoms with Crippen LogP contribution in [-0.2, 0) is 0 Å². The minimum Gasteiger partial charge on any atom is -0.212 e. The highest BCUT2D eigenvalue weighted by Crippen LogP contribution is 2.03. The normalized spacial score (nSPS) is 11.6. The molecule has 0 heterocycles. The Bertz CT molecular complexity index is 101. The molecule has 7 heavy (non-hydrogen) atoms. The van der Waals surface area contributed by atoms with Gasteiger partial charge in [-0.25, -0.2) is 4.39 Å². The lowest BCUT2D eigenvalue weighted by atomic mass is 10.5. The summed E-state index contributed by atoms with van der Waals surface area (Å²) in [4.78, 5) is 0. The zero-order valence-corrected chi connectivity index (χ0v) is 4.80. The Labute approximate surface area is 47.3 Å². The summed E-state index contributed by atoms with van der Waals surface area (Å²) in [6, 6.07) is 0. The van der Waals surface area contributed by atoms with E-state index in [1.54, 1.807) is 0 Å². The molecule has 0 spiro atoms. The summed E-state index contributed by atoms with van der Waals surface area (Å²) in [6.07, 6.45) is 1.15. The minimum atomic E-state index is -0.319. The molecule has 0 rings (SSSR count). The predicted molar refractivity (Wildman–Crippen MR) is 29.9 cm³/mol. The van der Waals surface area contributed by atoms with Crippen molar-refractivity contribution >= 4 is 11.6 Å². The second-order valence-electron chi connectivity index (χ2n) is 1.18. The number of allylic oxidation sites excluding steroid dienone is 3. The highest BCUT2D eigenvalue weighted by atomic mass is 35.5. The molecule has 0 bridgehead atoms. The van der Waals surface area contributed by atoms with Crippen molar-refractivity contribution in [1.82, 2.24) is 0 Å². The van der Waals surface area contributed by atoms with Crippen molar-refractivity contribution in [3.8, 4) is 0 Å². The van der Waals surface area contributed by atoms with Gasteiger partial charge in [-0.2, -0.15) is 0 Å². The molecule has 0 aromatic heterocycles. The van der Waals surface area contributed by atoms with Gasteiger partial charge in [-0.1, -0.05) is 18.2 Å². The lowest BCUT2D eigenvalue weighted by Gasteiger charge is -1.79. The van der Waals surface area contributed by atoms with Crippen LogP contribution >= 0.6 is 11.6 Å². The Kier molecular flexibility index (Phi) is 2.68. The lowest BCUT2D eigenvalue weighted by Crippen LogP contribution is -1.58. The highest BCUT2D eigenvalue weighted by Gasteiger charge is 1.80. The molecule has 40 valence electrons. The molecule has 0 aliphatic rings. The maximum Gasteiger partial charge on any atom is 0.0983 e. The Hall–Kier alpha value is -0.300. The van der Waals surface area contributed by atoms with Gasteiger partial charge in [0.2, 0.25) is 0 Å². The SMILES string of the molecule is C=C(Cl)/C=C(\C)F. The fourth-order valence-electron chi connectivity index (χ4n) is 0.216. The highest BCUT2D eigenvalue weighted by molar-refractivity contribution is 6.30. The van der Waals surface area contributed by atoms with Gasteiger partial charge in [-0.3, -0.25) is 0 Å². The van der Waals surface area contributed by atoms with Gasteiger partial charge in [-0.15, -0.1) is 0 Å². The van der Waals surface area contributed by atoms with E-state index in [1.165, 1.54) is 6.92 Å². The van der Waals surface area contributed by atoms with Gasteiger partial charge in [0.15, 0.2) is 0 Å². The van der Waals surface area contributed by atoms with Crippen LogP contribution in [0.4, 0.5) is 4.39 Å². The monoisotopic (exact) mass is 120 g/mol. The molecule has 0 atom stereocenters. The zero-order chi connectivity index (χ0) is 5.86. The largest absolute Gasteiger partial charge is 0.212 e. The van der Waals surface area contributed by atoms with Gasteiger partial charge in [-0.05, 0) is 13.0 Å². The van der Waals surface area contributed by atoms with Crippen LogP contribution in [0.3, 0.4) is 0 Å². The summed E-state index contributed by atoms with van der Waals surface area (Å²) in [5.74, 6) is -0.319. The molecule has 0 unspecified atom stereocenters. The molecule has 0 aliphatic heterocycles. The maximum absolute atomic E-state index is 11.7. The van der Waals surface area contributed by atoms with Gasteiger partial charge in [0, 0.05) is 5.03 Å². The molecule has 0 radical (unpaired) electrons. The number of hydrogen-bond donors (Lipinski definition) is 0. The quantitative estimate of drug-likeness (QED) is 0.467. The second kappa shape index (κ2) is 2.80. The van der Waals surface area contributed by atoms with Gasteiger partial charge < -0.3 is 0 Å². The molecule has 0 saturated carbocycles. The fourth-order valence-corrected chi connectivity index (χ4v) is 0.366. The van der Waals surface area contributed by atoms with Gasteiger partial charge in [0.05, 0.1) is 5.83 Å². The first-order valence-corrected chi connectivity index (χ1v) is 2.19. The van der Waals surface area contributed by atoms with Crippen molar-refractivity contribution in [2.45, 2.75) is 6.92 Å². The average molecular weight is 121 g/mol. The Balaban J connectivity index is 3.68. The van der Waals surface area contributed by atoms with Gasteiger partial charge in [0.25, 0.3) is 0 Å². The van der Waals surface area contributed by atoms with E-state index in [0.717, 1.165) is 6.08 Å². The molecule has 0 aromatic carbocycles. The molecule has 2 heteroatoms. The third kappa shape index (κ3) is 5.70. The van der Waals surface area contributed by atoms with Crippen molar-refractivity contribution in [3.05, 3.63) is 23.5 Å². The van der Waals surface area contributed by atoms with E-state index in [-0.39, 0.29) is 10.9 Å². The van der Waals surface area contributed by atoms with Crippen LogP contribution < -0.4 is 0 Å². The molecule has 0 saturated heterocycles. The average Bonchev–Trinajstić information content (AvgIpc) is 1.27. The predicted octanol–water partition coefficient (Wildman–Crippen LogP) is 2.61. The molecule has 0 aromatic rings. The summed E-state index contributed by atoms with van der Waals surface area (Å²) >= 11 is 5.16. The smallest absolute Gasteiger partial charge is 0.0983 e. The van der Waals surface area contributed by atoms with Crippen LogP contribution in [0.2, 0.25) is 0 Å². The standard InChI is InChI=1S/C5H6ClF/c1-4(6)3-5(2)7/h3H,1H2,2H3/b5-3+. The van der Waals surface area contributed by atoms with E-state index in [4.69, 9.17) is 11.6 Å². The minimum absolute atomic E-state index is 0.222. The van der Waals surface area contributed by atoms with E-state index in [2.05, 4.69) is 6.58 Å². The van der Waals surface area contributed by atoms with Crippen LogP contribution in [0.5, 0.6) is 0 Å². The van der Waals surface area contributed by atoms with Crippen LogP contribution in [-0.4, -0.2) is 0 Å². The van der Waals surface area contributed by atoms with Crippen molar-refractivity contribution in [3.63, 3.8) is 0 Å². The Morgan fingerprint density at radius 1 is 1.86 bits per heavy atom. The van der Waals surface area contributed by atoms with E-state index >= 15 is 0 Å². The molecule has 0 fully saturated rings. The fraction of sp³-hybridized carbons (Fsp3) is 0.200. The van der Waals surface area contributed by atoms with Gasteiger partial charge >= 0.3 is 0 Å². The van der Waals surface area contributed by atoms with Crippen molar-refractivity contribution in [2.24, 2.45) is 0 Å². The Morgan fingerprint density at radius 3 is 2.29 bits per heavy atom. The molecule has 0 N–H and O–H groups in total. The second-order valence-corrected chi connectivity index (χ2v) is 1.66. The van der Waals surface area contributed by atoms with Crippen molar-refractivity contribution in [2.75, 3.05) is 0 Å².